The van der Waals surface area contributed by atoms with Crippen molar-refractivity contribution in [2.75, 3.05) is 21.1 Å². The predicted molar refractivity (Wildman–Crippen MR) is 232 cm³/mol. The number of piperidine rings is 3. The predicted octanol–water partition coefficient (Wildman–Crippen LogP) is 5.10. The van der Waals surface area contributed by atoms with E-state index >= 15 is 0 Å². The van der Waals surface area contributed by atoms with Crippen LogP contribution in [0.15, 0.2) is 14.4 Å². The average molecular weight is 847 g/mol. The van der Waals surface area contributed by atoms with Crippen LogP contribution < -0.4 is 17.1 Å². The maximum atomic E-state index is 13.8. The first-order chi connectivity index (χ1) is 27.4. The molecule has 0 N–H and O–H groups in total. The van der Waals surface area contributed by atoms with Crippen molar-refractivity contribution in [2.24, 2.45) is 0 Å². The van der Waals surface area contributed by atoms with Crippen LogP contribution in [-0.2, 0) is 48.2 Å². The average Bonchev–Trinajstić information content (AvgIpc) is 3.08. The Morgan fingerprint density at radius 1 is 0.417 bits per heavy atom. The fourth-order valence-electron chi connectivity index (χ4n) is 10.2. The number of carbonyl (C=O) groups is 3. The first-order valence-electron chi connectivity index (χ1n) is 22.1. The molecule has 15 heteroatoms. The van der Waals surface area contributed by atoms with Gasteiger partial charge in [0.2, 0.25) is 0 Å². The minimum atomic E-state index is -0.812. The Balaban J connectivity index is 1.46. The molecular weight excluding hydrogens is 769 g/mol. The molecule has 3 fully saturated rings. The molecule has 0 unspecified atom stereocenters. The Bertz CT molecular complexity index is 1610. The molecule has 0 bridgehead atoms. The Morgan fingerprint density at radius 3 is 0.783 bits per heavy atom. The van der Waals surface area contributed by atoms with Gasteiger partial charge in [-0.15, -0.1) is 0 Å². The summed E-state index contributed by atoms with van der Waals surface area (Å²) in [6.07, 6.45) is 3.59. The fourth-order valence-corrected chi connectivity index (χ4v) is 10.2. The third-order valence-corrected chi connectivity index (χ3v) is 14.4. The number of ether oxygens (including phenoxy) is 3. The number of aromatic nitrogens is 3. The Labute approximate surface area is 358 Å². The highest BCUT2D eigenvalue weighted by Gasteiger charge is 2.46. The zero-order valence-corrected chi connectivity index (χ0v) is 39.7. The Morgan fingerprint density at radius 2 is 0.600 bits per heavy atom. The van der Waals surface area contributed by atoms with Gasteiger partial charge in [-0.3, -0.25) is 29.1 Å². The lowest BCUT2D eigenvalue weighted by Crippen LogP contribution is -2.60. The van der Waals surface area contributed by atoms with Crippen LogP contribution in [0.1, 0.15) is 160 Å². The summed E-state index contributed by atoms with van der Waals surface area (Å²) in [6, 6.07) is 0. The van der Waals surface area contributed by atoms with E-state index in [0.717, 1.165) is 13.7 Å². The second kappa shape index (κ2) is 18.2. The summed E-state index contributed by atoms with van der Waals surface area (Å²) in [7, 11) is 6.23. The van der Waals surface area contributed by atoms with Crippen LogP contribution in [0.3, 0.4) is 0 Å². The van der Waals surface area contributed by atoms with Crippen molar-refractivity contribution in [2.45, 2.75) is 231 Å². The topological polar surface area (TPSA) is 155 Å². The summed E-state index contributed by atoms with van der Waals surface area (Å²) in [5.41, 5.74) is -3.47. The highest BCUT2D eigenvalue weighted by molar-refractivity contribution is 5.70. The van der Waals surface area contributed by atoms with Crippen molar-refractivity contribution < 1.29 is 28.6 Å². The van der Waals surface area contributed by atoms with Gasteiger partial charge in [-0.05, 0) is 123 Å². The third kappa shape index (κ3) is 11.6. The highest BCUT2D eigenvalue weighted by atomic mass is 16.6. The minimum Gasteiger partial charge on any atom is -0.462 e. The molecule has 3 saturated heterocycles. The summed E-state index contributed by atoms with van der Waals surface area (Å²) >= 11 is 0. The third-order valence-electron chi connectivity index (χ3n) is 14.4. The molecule has 1 aromatic rings. The van der Waals surface area contributed by atoms with Crippen LogP contribution >= 0.6 is 0 Å². The number of rotatable bonds is 15. The van der Waals surface area contributed by atoms with E-state index in [2.05, 4.69) is 119 Å². The minimum absolute atomic E-state index is 0.0228. The van der Waals surface area contributed by atoms with Gasteiger partial charge in [-0.2, -0.15) is 0 Å². The normalized spacial score (nSPS) is 23.2. The maximum Gasteiger partial charge on any atom is 0.336 e. The van der Waals surface area contributed by atoms with Crippen LogP contribution in [-0.4, -0.2) is 119 Å². The summed E-state index contributed by atoms with van der Waals surface area (Å²) in [6.45, 7) is 25.1. The van der Waals surface area contributed by atoms with E-state index in [4.69, 9.17) is 14.2 Å². The molecule has 0 amide bonds. The van der Waals surface area contributed by atoms with Crippen molar-refractivity contribution in [3.63, 3.8) is 0 Å². The van der Waals surface area contributed by atoms with Gasteiger partial charge in [0.1, 0.15) is 18.3 Å². The number of hydrogen-bond donors (Lipinski definition) is 0. The van der Waals surface area contributed by atoms with Gasteiger partial charge < -0.3 is 14.2 Å². The first-order valence-corrected chi connectivity index (χ1v) is 22.1. The van der Waals surface area contributed by atoms with Crippen LogP contribution in [0, 0.1) is 0 Å². The van der Waals surface area contributed by atoms with E-state index in [1.807, 2.05) is 0 Å². The van der Waals surface area contributed by atoms with Crippen molar-refractivity contribution in [1.82, 2.24) is 28.4 Å². The fraction of sp³-hybridized carbons (Fsp3) is 0.867. The van der Waals surface area contributed by atoms with Crippen molar-refractivity contribution >= 4 is 17.9 Å². The van der Waals surface area contributed by atoms with Crippen LogP contribution in [0.5, 0.6) is 0 Å². The lowest BCUT2D eigenvalue weighted by molar-refractivity contribution is -0.160. The van der Waals surface area contributed by atoms with Gasteiger partial charge in [-0.25, -0.2) is 28.1 Å². The summed E-state index contributed by atoms with van der Waals surface area (Å²) in [4.78, 5) is 87.6. The van der Waals surface area contributed by atoms with Crippen molar-refractivity contribution in [1.29, 1.82) is 0 Å². The second-order valence-electron chi connectivity index (χ2n) is 21.7. The molecule has 60 heavy (non-hydrogen) atoms. The molecule has 3 aliphatic heterocycles. The quantitative estimate of drug-likeness (QED) is 0.171. The molecule has 0 aliphatic carbocycles. The highest BCUT2D eigenvalue weighted by Crippen LogP contribution is 2.40. The second-order valence-corrected chi connectivity index (χ2v) is 21.7. The van der Waals surface area contributed by atoms with Crippen LogP contribution in [0.25, 0.3) is 0 Å². The molecule has 0 radical (unpaired) electrons. The number of carbonyl (C=O) groups excluding carboxylic acids is 3. The number of esters is 3. The molecule has 0 atom stereocenters. The van der Waals surface area contributed by atoms with E-state index in [1.54, 1.807) is 0 Å². The molecule has 15 nitrogen and oxygen atoms in total. The van der Waals surface area contributed by atoms with Crippen LogP contribution in [0.2, 0.25) is 0 Å². The van der Waals surface area contributed by atoms with Crippen molar-refractivity contribution in [3.05, 3.63) is 31.5 Å². The van der Waals surface area contributed by atoms with E-state index in [0.29, 0.717) is 38.5 Å². The largest absolute Gasteiger partial charge is 0.462 e. The molecule has 3 aliphatic rings. The van der Waals surface area contributed by atoms with Gasteiger partial charge in [-0.1, -0.05) is 0 Å². The maximum absolute atomic E-state index is 13.8. The molecule has 342 valence electrons. The molecule has 1 aromatic heterocycles. The van der Waals surface area contributed by atoms with Gasteiger partial charge in [0.05, 0.1) is 0 Å². The lowest BCUT2D eigenvalue weighted by atomic mass is 9.78. The van der Waals surface area contributed by atoms with Crippen LogP contribution in [0.4, 0.5) is 0 Å². The molecule has 0 saturated carbocycles. The van der Waals surface area contributed by atoms with Gasteiger partial charge in [0.15, 0.2) is 0 Å². The molecule has 4 rings (SSSR count). The zero-order chi connectivity index (χ0) is 45.4. The standard InChI is InChI=1S/C45H78N6O9/c1-40(2)25-31(26-41(3,4)46(40)13)58-34(52)19-16-22-49-37(55)50(23-17-20-35(53)59-32-27-42(5,6)47(14)43(7,8)28-32)39(57)51(38(49)56)24-18-21-36(54)60-33-29-44(9,10)48(15)45(11,12)30-33/h31-33H,16-30H2,1-15H3. The monoisotopic (exact) mass is 847 g/mol. The van der Waals surface area contributed by atoms with Gasteiger partial charge >= 0.3 is 35.0 Å². The summed E-state index contributed by atoms with van der Waals surface area (Å²) < 4.78 is 20.6. The first kappa shape index (κ1) is 49.4. The van der Waals surface area contributed by atoms with E-state index in [1.165, 1.54) is 0 Å². The van der Waals surface area contributed by atoms with Gasteiger partial charge in [0, 0.05) is 111 Å². The molecular formula is C45H78N6O9. The Hall–Kier alpha value is -3.30. The van der Waals surface area contributed by atoms with E-state index < -0.39 is 35.0 Å². The number of hydrogen-bond acceptors (Lipinski definition) is 12. The van der Waals surface area contributed by atoms with E-state index in [-0.39, 0.29) is 110 Å². The lowest BCUT2D eigenvalue weighted by Gasteiger charge is -2.53. The smallest absolute Gasteiger partial charge is 0.336 e. The summed E-state index contributed by atoms with van der Waals surface area (Å²) in [5.74, 6) is -1.24. The molecule has 4 heterocycles. The number of likely N-dealkylation sites (tertiary alicyclic amines) is 3. The van der Waals surface area contributed by atoms with Gasteiger partial charge in [0.25, 0.3) is 0 Å². The SMILES string of the molecule is CN1C(C)(C)CC(OC(=O)CCCn2c(=O)n(CCCC(=O)OC3CC(C)(C)N(C)C(C)(C)C3)c(=O)n(CCCC(=O)OC3CC(C)(C)N(C)C(C)(C)C3)c2=O)CC1(C)C. The number of nitrogens with zero attached hydrogens (tertiary/aromatic N) is 6. The zero-order valence-electron chi connectivity index (χ0n) is 39.7. The molecule has 0 spiro atoms. The summed E-state index contributed by atoms with van der Waals surface area (Å²) in [5, 5.41) is 0. The van der Waals surface area contributed by atoms with Crippen molar-refractivity contribution in [3.8, 4) is 0 Å². The Kier molecular flexibility index (Phi) is 15.0. The molecule has 0 aromatic carbocycles. The van der Waals surface area contributed by atoms with E-state index in [9.17, 15) is 28.8 Å².